The predicted octanol–water partition coefficient (Wildman–Crippen LogP) is 4.15. The predicted molar refractivity (Wildman–Crippen MR) is 122 cm³/mol. The van der Waals surface area contributed by atoms with Gasteiger partial charge in [-0.3, -0.25) is 9.36 Å². The number of methoxy groups -OCH3 is 2. The number of esters is 1. The number of ether oxygens (including phenoxy) is 3. The van der Waals surface area contributed by atoms with Gasteiger partial charge in [0.05, 0.1) is 13.3 Å². The van der Waals surface area contributed by atoms with Gasteiger partial charge in [-0.1, -0.05) is 11.6 Å². The molecule has 1 aromatic carbocycles. The summed E-state index contributed by atoms with van der Waals surface area (Å²) >= 11 is 6.24. The number of rotatable bonds is 8. The molecular formula is C23H26ClN3O6. The monoisotopic (exact) mass is 475 g/mol. The summed E-state index contributed by atoms with van der Waals surface area (Å²) in [7, 11) is 3.00. The van der Waals surface area contributed by atoms with E-state index in [0.717, 1.165) is 0 Å². The van der Waals surface area contributed by atoms with Crippen LogP contribution in [0.25, 0.3) is 22.6 Å². The lowest BCUT2D eigenvalue weighted by molar-refractivity contribution is -0.159. The second-order valence-corrected chi connectivity index (χ2v) is 8.70. The van der Waals surface area contributed by atoms with Crippen molar-refractivity contribution in [3.05, 3.63) is 52.2 Å². The highest BCUT2D eigenvalue weighted by atomic mass is 35.5. The molecule has 9 nitrogen and oxygen atoms in total. The number of pyridine rings is 1. The molecule has 1 atom stereocenters. The highest BCUT2D eigenvalue weighted by Gasteiger charge is 2.28. The number of nitrogens with zero attached hydrogens (tertiary/aromatic N) is 3. The van der Waals surface area contributed by atoms with Crippen molar-refractivity contribution in [3.63, 3.8) is 0 Å². The molecule has 2 aromatic heterocycles. The summed E-state index contributed by atoms with van der Waals surface area (Å²) in [4.78, 5) is 26.1. The van der Waals surface area contributed by atoms with Gasteiger partial charge in [0, 0.05) is 42.4 Å². The van der Waals surface area contributed by atoms with E-state index in [9.17, 15) is 9.59 Å². The molecule has 0 aliphatic rings. The lowest BCUT2D eigenvalue weighted by atomic mass is 9.99. The maximum Gasteiger partial charge on any atom is 0.329 e. The summed E-state index contributed by atoms with van der Waals surface area (Å²) in [5, 5.41) is 8.13. The van der Waals surface area contributed by atoms with Gasteiger partial charge in [0.15, 0.2) is 0 Å². The van der Waals surface area contributed by atoms with Gasteiger partial charge in [-0.15, -0.1) is 10.2 Å². The highest BCUT2D eigenvalue weighted by Crippen LogP contribution is 2.38. The van der Waals surface area contributed by atoms with Crippen molar-refractivity contribution in [1.29, 1.82) is 0 Å². The number of hydrogen-bond donors (Lipinski definition) is 0. The zero-order valence-corrected chi connectivity index (χ0v) is 19.9. The normalized spacial score (nSPS) is 12.4. The van der Waals surface area contributed by atoms with Crippen molar-refractivity contribution < 1.29 is 23.4 Å². The molecule has 3 rings (SSSR count). The standard InChI is InChI=1S/C23H26ClN3O6/c1-23(2,3)33-22(29)18(8-9-30-4)27-12-19(31-5)17(11-20(27)28)16-10-14(24)6-7-15(16)21-26-25-13-32-21/h6-7,10-13,18H,8-9H2,1-5H3. The average Bonchev–Trinajstić information content (AvgIpc) is 3.28. The highest BCUT2D eigenvalue weighted by molar-refractivity contribution is 6.31. The van der Waals surface area contributed by atoms with E-state index in [-0.39, 0.29) is 18.9 Å². The fourth-order valence-corrected chi connectivity index (χ4v) is 3.50. The Morgan fingerprint density at radius 3 is 2.55 bits per heavy atom. The zero-order chi connectivity index (χ0) is 24.2. The molecule has 0 saturated heterocycles. The molecule has 0 saturated carbocycles. The van der Waals surface area contributed by atoms with E-state index in [1.54, 1.807) is 39.0 Å². The third kappa shape index (κ3) is 5.80. The largest absolute Gasteiger partial charge is 0.495 e. The second kappa shape index (κ2) is 10.2. The summed E-state index contributed by atoms with van der Waals surface area (Å²) in [6.07, 6.45) is 2.95. The Hall–Kier alpha value is -3.17. The maximum absolute atomic E-state index is 13.2. The van der Waals surface area contributed by atoms with Gasteiger partial charge < -0.3 is 18.6 Å². The number of hydrogen-bond acceptors (Lipinski definition) is 8. The summed E-state index contributed by atoms with van der Waals surface area (Å²) in [5.74, 6) is 0.0778. The van der Waals surface area contributed by atoms with Crippen LogP contribution in [0, 0.1) is 0 Å². The molecule has 0 amide bonds. The SMILES string of the molecule is COCCC(C(=O)OC(C)(C)C)n1cc(OC)c(-c2cc(Cl)ccc2-c2nnco2)cc1=O. The van der Waals surface area contributed by atoms with Gasteiger partial charge >= 0.3 is 5.97 Å². The molecule has 0 bridgehead atoms. The molecule has 1 unspecified atom stereocenters. The fourth-order valence-electron chi connectivity index (χ4n) is 3.33. The van der Waals surface area contributed by atoms with Crippen molar-refractivity contribution in [1.82, 2.24) is 14.8 Å². The van der Waals surface area contributed by atoms with E-state index in [0.29, 0.717) is 27.5 Å². The Labute approximate surface area is 196 Å². The number of carbonyl (C=O) groups excluding carboxylic acids is 1. The van der Waals surface area contributed by atoms with Gasteiger partial charge in [-0.2, -0.15) is 0 Å². The average molecular weight is 476 g/mol. The summed E-state index contributed by atoms with van der Waals surface area (Å²) in [5.41, 5.74) is 0.475. The van der Waals surface area contributed by atoms with Crippen LogP contribution in [0.1, 0.15) is 33.2 Å². The van der Waals surface area contributed by atoms with Crippen LogP contribution in [0.15, 0.2) is 46.1 Å². The number of benzene rings is 1. The molecule has 2 heterocycles. The zero-order valence-electron chi connectivity index (χ0n) is 19.1. The minimum Gasteiger partial charge on any atom is -0.495 e. The maximum atomic E-state index is 13.2. The van der Waals surface area contributed by atoms with Crippen molar-refractivity contribution in [2.75, 3.05) is 20.8 Å². The van der Waals surface area contributed by atoms with Crippen LogP contribution in [0.2, 0.25) is 5.02 Å². The first-order valence-corrected chi connectivity index (χ1v) is 10.6. The van der Waals surface area contributed by atoms with Gasteiger partial charge in [-0.25, -0.2) is 4.79 Å². The molecule has 0 aliphatic heterocycles. The van der Waals surface area contributed by atoms with E-state index in [4.69, 9.17) is 30.2 Å². The lowest BCUT2D eigenvalue weighted by Crippen LogP contribution is -2.35. The minimum absolute atomic E-state index is 0.248. The van der Waals surface area contributed by atoms with Crippen LogP contribution < -0.4 is 10.3 Å². The van der Waals surface area contributed by atoms with Crippen molar-refractivity contribution >= 4 is 17.6 Å². The van der Waals surface area contributed by atoms with Crippen molar-refractivity contribution in [3.8, 4) is 28.3 Å². The third-order valence-corrected chi connectivity index (χ3v) is 4.97. The fraction of sp³-hybridized carbons (Fsp3) is 0.391. The lowest BCUT2D eigenvalue weighted by Gasteiger charge is -2.25. The topological polar surface area (TPSA) is 106 Å². The van der Waals surface area contributed by atoms with Gasteiger partial charge in [0.25, 0.3) is 5.56 Å². The van der Waals surface area contributed by atoms with Crippen molar-refractivity contribution in [2.45, 2.75) is 38.8 Å². The first-order chi connectivity index (χ1) is 15.6. The summed E-state index contributed by atoms with van der Waals surface area (Å²) in [6, 6.07) is 5.57. The van der Waals surface area contributed by atoms with Gasteiger partial charge in [-0.05, 0) is 44.5 Å². The Morgan fingerprint density at radius 2 is 1.94 bits per heavy atom. The molecule has 0 spiro atoms. The molecule has 176 valence electrons. The second-order valence-electron chi connectivity index (χ2n) is 8.27. The first kappa shape index (κ1) is 24.5. The number of aromatic nitrogens is 3. The molecule has 0 radical (unpaired) electrons. The van der Waals surface area contributed by atoms with Crippen molar-refractivity contribution in [2.24, 2.45) is 0 Å². The summed E-state index contributed by atoms with van der Waals surface area (Å²) in [6.45, 7) is 5.56. The van der Waals surface area contributed by atoms with Crippen LogP contribution in [0.4, 0.5) is 0 Å². The molecule has 0 N–H and O–H groups in total. The van der Waals surface area contributed by atoms with Gasteiger partial charge in [0.1, 0.15) is 17.4 Å². The minimum atomic E-state index is -0.894. The molecule has 10 heteroatoms. The van der Waals surface area contributed by atoms with E-state index in [1.807, 2.05) is 0 Å². The van der Waals surface area contributed by atoms with E-state index < -0.39 is 23.2 Å². The van der Waals surface area contributed by atoms with Crippen LogP contribution in [0.3, 0.4) is 0 Å². The van der Waals surface area contributed by atoms with Crippen LogP contribution in [-0.4, -0.2) is 47.2 Å². The molecule has 33 heavy (non-hydrogen) atoms. The Bertz CT molecular complexity index is 1170. The third-order valence-electron chi connectivity index (χ3n) is 4.74. The molecular weight excluding hydrogens is 450 g/mol. The van der Waals surface area contributed by atoms with Crippen LogP contribution in [0.5, 0.6) is 5.75 Å². The van der Waals surface area contributed by atoms with E-state index >= 15 is 0 Å². The Balaban J connectivity index is 2.14. The Kier molecular flexibility index (Phi) is 7.55. The van der Waals surface area contributed by atoms with E-state index in [1.165, 1.54) is 37.4 Å². The molecule has 3 aromatic rings. The van der Waals surface area contributed by atoms with Crippen LogP contribution in [-0.2, 0) is 14.3 Å². The van der Waals surface area contributed by atoms with Crippen LogP contribution >= 0.6 is 11.6 Å². The molecule has 0 fully saturated rings. The quantitative estimate of drug-likeness (QED) is 0.447. The smallest absolute Gasteiger partial charge is 0.329 e. The summed E-state index contributed by atoms with van der Waals surface area (Å²) < 4.78 is 22.9. The van der Waals surface area contributed by atoms with Gasteiger partial charge in [0.2, 0.25) is 12.3 Å². The number of carbonyl (C=O) groups is 1. The first-order valence-electron chi connectivity index (χ1n) is 10.2. The Morgan fingerprint density at radius 1 is 1.18 bits per heavy atom. The van der Waals surface area contributed by atoms with E-state index in [2.05, 4.69) is 10.2 Å². The molecule has 0 aliphatic carbocycles. The number of halogens is 1.